The van der Waals surface area contributed by atoms with Crippen molar-refractivity contribution in [3.8, 4) is 0 Å². The smallest absolute Gasteiger partial charge is 0.153 e. The van der Waals surface area contributed by atoms with E-state index in [2.05, 4.69) is 24.2 Å². The average molecular weight is 248 g/mol. The minimum atomic E-state index is 0.720. The summed E-state index contributed by atoms with van der Waals surface area (Å²) in [7, 11) is 0. The van der Waals surface area contributed by atoms with E-state index in [0.29, 0.717) is 0 Å². The SMILES string of the molecule is CCc1ccc(Cn2nc(C)c(C=O)c2C)s1. The van der Waals surface area contributed by atoms with E-state index in [9.17, 15) is 4.79 Å². The first-order valence-corrected chi connectivity index (χ1v) is 6.54. The quantitative estimate of drug-likeness (QED) is 0.780. The Morgan fingerprint density at radius 1 is 1.35 bits per heavy atom. The highest BCUT2D eigenvalue weighted by Gasteiger charge is 2.11. The molecule has 3 nitrogen and oxygen atoms in total. The normalized spacial score (nSPS) is 10.8. The van der Waals surface area contributed by atoms with Crippen LogP contribution < -0.4 is 0 Å². The Kier molecular flexibility index (Phi) is 3.43. The van der Waals surface area contributed by atoms with Crippen LogP contribution >= 0.6 is 11.3 Å². The molecule has 0 unspecified atom stereocenters. The number of hydrogen-bond acceptors (Lipinski definition) is 3. The van der Waals surface area contributed by atoms with Gasteiger partial charge in [-0.15, -0.1) is 11.3 Å². The van der Waals surface area contributed by atoms with Gasteiger partial charge in [-0.3, -0.25) is 9.48 Å². The van der Waals surface area contributed by atoms with Gasteiger partial charge < -0.3 is 0 Å². The highest BCUT2D eigenvalue weighted by Crippen LogP contribution is 2.19. The number of aldehydes is 1. The minimum absolute atomic E-state index is 0.720. The van der Waals surface area contributed by atoms with Gasteiger partial charge in [0.2, 0.25) is 0 Å². The molecule has 0 atom stereocenters. The zero-order valence-corrected chi connectivity index (χ0v) is 11.2. The zero-order chi connectivity index (χ0) is 12.4. The van der Waals surface area contributed by atoms with E-state index in [0.717, 1.165) is 36.2 Å². The van der Waals surface area contributed by atoms with Gasteiger partial charge in [-0.2, -0.15) is 5.10 Å². The Balaban J connectivity index is 2.27. The van der Waals surface area contributed by atoms with Gasteiger partial charge in [0.15, 0.2) is 6.29 Å². The topological polar surface area (TPSA) is 34.9 Å². The van der Waals surface area contributed by atoms with E-state index in [1.54, 1.807) is 0 Å². The average Bonchev–Trinajstić information content (AvgIpc) is 2.86. The number of thiophene rings is 1. The van der Waals surface area contributed by atoms with E-state index in [1.165, 1.54) is 9.75 Å². The molecule has 2 aromatic heterocycles. The Bertz CT molecular complexity index is 540. The summed E-state index contributed by atoms with van der Waals surface area (Å²) in [4.78, 5) is 13.6. The van der Waals surface area contributed by atoms with Gasteiger partial charge in [-0.25, -0.2) is 0 Å². The van der Waals surface area contributed by atoms with Crippen molar-refractivity contribution in [2.75, 3.05) is 0 Å². The molecule has 2 heterocycles. The maximum Gasteiger partial charge on any atom is 0.153 e. The lowest BCUT2D eigenvalue weighted by molar-refractivity contribution is 0.112. The van der Waals surface area contributed by atoms with Gasteiger partial charge in [0.05, 0.1) is 17.8 Å². The third-order valence-corrected chi connectivity index (χ3v) is 4.14. The Morgan fingerprint density at radius 3 is 2.59 bits per heavy atom. The molecule has 0 aromatic carbocycles. The lowest BCUT2D eigenvalue weighted by atomic mass is 10.2. The summed E-state index contributed by atoms with van der Waals surface area (Å²) < 4.78 is 1.91. The molecule has 4 heteroatoms. The van der Waals surface area contributed by atoms with Crippen molar-refractivity contribution in [3.63, 3.8) is 0 Å². The monoisotopic (exact) mass is 248 g/mol. The molecule has 0 aliphatic rings. The van der Waals surface area contributed by atoms with Crippen molar-refractivity contribution >= 4 is 17.6 Å². The van der Waals surface area contributed by atoms with Gasteiger partial charge in [-0.1, -0.05) is 6.92 Å². The number of carbonyl (C=O) groups excluding carboxylic acids is 1. The van der Waals surface area contributed by atoms with Crippen LogP contribution in [0.2, 0.25) is 0 Å². The lowest BCUT2D eigenvalue weighted by Gasteiger charge is -2.01. The molecule has 0 spiro atoms. The van der Waals surface area contributed by atoms with Crippen molar-refractivity contribution in [2.45, 2.75) is 33.7 Å². The van der Waals surface area contributed by atoms with Crippen molar-refractivity contribution < 1.29 is 4.79 Å². The molecule has 0 amide bonds. The maximum atomic E-state index is 10.9. The molecule has 0 fully saturated rings. The molecule has 0 aliphatic carbocycles. The summed E-state index contributed by atoms with van der Waals surface area (Å²) in [6.07, 6.45) is 1.96. The second-order valence-electron chi connectivity index (χ2n) is 4.08. The predicted octanol–water partition coefficient (Wildman–Crippen LogP) is 2.98. The van der Waals surface area contributed by atoms with Gasteiger partial charge in [0, 0.05) is 15.4 Å². The van der Waals surface area contributed by atoms with Crippen LogP contribution in [0.3, 0.4) is 0 Å². The molecule has 0 saturated heterocycles. The van der Waals surface area contributed by atoms with E-state index in [4.69, 9.17) is 0 Å². The van der Waals surface area contributed by atoms with Crippen LogP contribution in [-0.2, 0) is 13.0 Å². The van der Waals surface area contributed by atoms with Crippen molar-refractivity contribution in [1.29, 1.82) is 0 Å². The van der Waals surface area contributed by atoms with Gasteiger partial charge in [-0.05, 0) is 32.4 Å². The van der Waals surface area contributed by atoms with Gasteiger partial charge in [0.25, 0.3) is 0 Å². The van der Waals surface area contributed by atoms with E-state index in [1.807, 2.05) is 29.9 Å². The Labute approximate surface area is 105 Å². The first-order valence-electron chi connectivity index (χ1n) is 5.72. The van der Waals surface area contributed by atoms with Gasteiger partial charge >= 0.3 is 0 Å². The van der Waals surface area contributed by atoms with E-state index >= 15 is 0 Å². The summed E-state index contributed by atoms with van der Waals surface area (Å²) >= 11 is 1.81. The number of aromatic nitrogens is 2. The number of nitrogens with zero attached hydrogens (tertiary/aromatic N) is 2. The van der Waals surface area contributed by atoms with Crippen LogP contribution in [0.4, 0.5) is 0 Å². The number of carbonyl (C=O) groups is 1. The zero-order valence-electron chi connectivity index (χ0n) is 10.4. The van der Waals surface area contributed by atoms with Crippen LogP contribution in [0, 0.1) is 13.8 Å². The number of rotatable bonds is 4. The lowest BCUT2D eigenvalue weighted by Crippen LogP contribution is -2.02. The van der Waals surface area contributed by atoms with Crippen molar-refractivity contribution in [2.24, 2.45) is 0 Å². The Morgan fingerprint density at radius 2 is 2.06 bits per heavy atom. The minimum Gasteiger partial charge on any atom is -0.298 e. The molecular formula is C13H16N2OS. The Hall–Kier alpha value is -1.42. The molecular weight excluding hydrogens is 232 g/mol. The molecule has 0 bridgehead atoms. The summed E-state index contributed by atoms with van der Waals surface area (Å²) in [5.41, 5.74) is 2.48. The summed E-state index contributed by atoms with van der Waals surface area (Å²) in [5, 5.41) is 4.40. The largest absolute Gasteiger partial charge is 0.298 e. The van der Waals surface area contributed by atoms with Crippen LogP contribution in [0.1, 0.15) is 38.4 Å². The third-order valence-electron chi connectivity index (χ3n) is 2.93. The second kappa shape index (κ2) is 4.84. The fourth-order valence-electron chi connectivity index (χ4n) is 1.88. The molecule has 17 heavy (non-hydrogen) atoms. The fraction of sp³-hybridized carbons (Fsp3) is 0.385. The van der Waals surface area contributed by atoms with Crippen molar-refractivity contribution in [1.82, 2.24) is 9.78 Å². The van der Waals surface area contributed by atoms with Crippen molar-refractivity contribution in [3.05, 3.63) is 38.8 Å². The molecule has 0 saturated carbocycles. The molecule has 0 radical (unpaired) electrons. The molecule has 2 rings (SSSR count). The number of aryl methyl sites for hydroxylation is 2. The molecule has 90 valence electrons. The highest BCUT2D eigenvalue weighted by molar-refractivity contribution is 7.11. The maximum absolute atomic E-state index is 10.9. The number of hydrogen-bond donors (Lipinski definition) is 0. The van der Waals surface area contributed by atoms with Crippen LogP contribution in [0.5, 0.6) is 0 Å². The first kappa shape index (κ1) is 12.0. The first-order chi connectivity index (χ1) is 8.15. The van der Waals surface area contributed by atoms with Crippen LogP contribution in [-0.4, -0.2) is 16.1 Å². The van der Waals surface area contributed by atoms with Gasteiger partial charge in [0.1, 0.15) is 0 Å². The fourth-order valence-corrected chi connectivity index (χ4v) is 2.82. The molecule has 0 aliphatic heterocycles. The van der Waals surface area contributed by atoms with E-state index in [-0.39, 0.29) is 0 Å². The summed E-state index contributed by atoms with van der Waals surface area (Å²) in [6.45, 7) is 6.73. The van der Waals surface area contributed by atoms with Crippen LogP contribution in [0.15, 0.2) is 12.1 Å². The second-order valence-corrected chi connectivity index (χ2v) is 5.33. The standard InChI is InChI=1S/C13H16N2OS/c1-4-11-5-6-12(17-11)7-15-10(3)13(8-16)9(2)14-15/h5-6,8H,4,7H2,1-3H3. The third kappa shape index (κ3) is 2.31. The van der Waals surface area contributed by atoms with Crippen LogP contribution in [0.25, 0.3) is 0 Å². The van der Waals surface area contributed by atoms with E-state index < -0.39 is 0 Å². The summed E-state index contributed by atoms with van der Waals surface area (Å²) in [5.74, 6) is 0. The summed E-state index contributed by atoms with van der Waals surface area (Å²) in [6, 6.07) is 4.30. The molecule has 0 N–H and O–H groups in total. The molecule has 2 aromatic rings. The predicted molar refractivity (Wildman–Crippen MR) is 69.9 cm³/mol. The highest BCUT2D eigenvalue weighted by atomic mass is 32.1.